The second-order valence-electron chi connectivity index (χ2n) is 4.49. The number of H-pyrrole nitrogens is 1. The zero-order valence-corrected chi connectivity index (χ0v) is 10.9. The van der Waals surface area contributed by atoms with Gasteiger partial charge in [0, 0.05) is 18.4 Å². The van der Waals surface area contributed by atoms with E-state index < -0.39 is 6.10 Å². The predicted octanol–water partition coefficient (Wildman–Crippen LogP) is 2.18. The van der Waals surface area contributed by atoms with Gasteiger partial charge in [-0.05, 0) is 25.0 Å². The molecule has 4 heteroatoms. The number of carbonyl (C=O) groups is 1. The van der Waals surface area contributed by atoms with Gasteiger partial charge in [-0.3, -0.25) is 4.79 Å². The molecule has 0 saturated heterocycles. The van der Waals surface area contributed by atoms with Crippen molar-refractivity contribution in [1.82, 2.24) is 10.3 Å². The Bertz CT molecular complexity index is 534. The molecule has 1 amide bonds. The summed E-state index contributed by atoms with van der Waals surface area (Å²) in [5, 5.41) is 12.8. The number of aliphatic hydroxyl groups is 1. The summed E-state index contributed by atoms with van der Waals surface area (Å²) in [6.45, 7) is 2.30. The molecule has 3 N–H and O–H groups in total. The average molecular weight is 258 g/mol. The molecule has 0 radical (unpaired) electrons. The van der Waals surface area contributed by atoms with Crippen molar-refractivity contribution in [2.75, 3.05) is 6.54 Å². The minimum absolute atomic E-state index is 0.112. The lowest BCUT2D eigenvalue weighted by Gasteiger charge is -2.11. The van der Waals surface area contributed by atoms with Gasteiger partial charge in [0.05, 0.1) is 11.7 Å². The molecule has 0 spiro atoms. The van der Waals surface area contributed by atoms with Gasteiger partial charge in [-0.15, -0.1) is 0 Å². The molecule has 100 valence electrons. The second-order valence-corrected chi connectivity index (χ2v) is 4.49. The minimum atomic E-state index is -0.547. The number of carbonyl (C=O) groups excluding carboxylic acids is 1. The molecule has 1 aromatic carbocycles. The van der Waals surface area contributed by atoms with E-state index in [2.05, 4.69) is 10.3 Å². The van der Waals surface area contributed by atoms with Crippen LogP contribution in [0.3, 0.4) is 0 Å². The molecule has 2 rings (SSSR count). The summed E-state index contributed by atoms with van der Waals surface area (Å²) < 4.78 is 0. The fourth-order valence-electron chi connectivity index (χ4n) is 1.96. The van der Waals surface area contributed by atoms with E-state index in [0.717, 1.165) is 11.3 Å². The Balaban J connectivity index is 1.81. The molecular weight excluding hydrogens is 240 g/mol. The number of aromatic amines is 1. The zero-order valence-electron chi connectivity index (χ0n) is 10.9. The van der Waals surface area contributed by atoms with E-state index in [0.29, 0.717) is 18.5 Å². The van der Waals surface area contributed by atoms with Crippen LogP contribution in [-0.2, 0) is 0 Å². The van der Waals surface area contributed by atoms with Crippen LogP contribution in [0.15, 0.2) is 42.6 Å². The number of rotatable bonds is 5. The Kier molecular flexibility index (Phi) is 4.36. The van der Waals surface area contributed by atoms with E-state index in [1.54, 1.807) is 12.3 Å². The molecule has 19 heavy (non-hydrogen) atoms. The van der Waals surface area contributed by atoms with Crippen LogP contribution in [0.2, 0.25) is 0 Å². The third-order valence-corrected chi connectivity index (χ3v) is 3.09. The number of amides is 1. The zero-order chi connectivity index (χ0) is 13.7. The molecule has 1 unspecified atom stereocenters. The van der Waals surface area contributed by atoms with Crippen LogP contribution >= 0.6 is 0 Å². The lowest BCUT2D eigenvalue weighted by atomic mass is 10.1. The SMILES string of the molecule is Cc1[nH]ccc1C(=O)NCCC(O)c1ccccc1. The van der Waals surface area contributed by atoms with E-state index in [-0.39, 0.29) is 5.91 Å². The topological polar surface area (TPSA) is 65.1 Å². The third kappa shape index (κ3) is 3.45. The van der Waals surface area contributed by atoms with Gasteiger partial charge in [-0.2, -0.15) is 0 Å². The smallest absolute Gasteiger partial charge is 0.253 e. The summed E-state index contributed by atoms with van der Waals surface area (Å²) >= 11 is 0. The first-order valence-corrected chi connectivity index (χ1v) is 6.33. The van der Waals surface area contributed by atoms with E-state index in [1.165, 1.54) is 0 Å². The van der Waals surface area contributed by atoms with Gasteiger partial charge in [0.2, 0.25) is 0 Å². The normalized spacial score (nSPS) is 12.1. The van der Waals surface area contributed by atoms with E-state index in [1.807, 2.05) is 37.3 Å². The van der Waals surface area contributed by atoms with Crippen LogP contribution in [0.1, 0.15) is 34.1 Å². The van der Waals surface area contributed by atoms with Crippen molar-refractivity contribution in [3.63, 3.8) is 0 Å². The number of aryl methyl sites for hydroxylation is 1. The summed E-state index contributed by atoms with van der Waals surface area (Å²) in [6.07, 6.45) is 1.69. The number of benzene rings is 1. The van der Waals surface area contributed by atoms with Gasteiger partial charge in [-0.25, -0.2) is 0 Å². The van der Waals surface area contributed by atoms with Crippen LogP contribution in [0.5, 0.6) is 0 Å². The monoisotopic (exact) mass is 258 g/mol. The molecule has 0 aliphatic rings. The Morgan fingerprint density at radius 2 is 2.05 bits per heavy atom. The van der Waals surface area contributed by atoms with Crippen LogP contribution < -0.4 is 5.32 Å². The molecule has 4 nitrogen and oxygen atoms in total. The number of nitrogens with one attached hydrogen (secondary N) is 2. The molecular formula is C15H18N2O2. The van der Waals surface area contributed by atoms with Crippen molar-refractivity contribution in [3.05, 3.63) is 59.4 Å². The van der Waals surface area contributed by atoms with Crippen molar-refractivity contribution in [3.8, 4) is 0 Å². The summed E-state index contributed by atoms with van der Waals surface area (Å²) in [5.74, 6) is -0.112. The predicted molar refractivity (Wildman–Crippen MR) is 73.9 cm³/mol. The Morgan fingerprint density at radius 3 is 2.68 bits per heavy atom. The molecule has 0 fully saturated rings. The van der Waals surface area contributed by atoms with Gasteiger partial charge in [0.1, 0.15) is 0 Å². The second kappa shape index (κ2) is 6.20. The summed E-state index contributed by atoms with van der Waals surface area (Å²) in [7, 11) is 0. The molecule has 2 aromatic rings. The first kappa shape index (κ1) is 13.4. The van der Waals surface area contributed by atoms with Crippen LogP contribution in [0.25, 0.3) is 0 Å². The van der Waals surface area contributed by atoms with Gasteiger partial charge in [-0.1, -0.05) is 30.3 Å². The molecule has 1 atom stereocenters. The average Bonchev–Trinajstić information content (AvgIpc) is 2.86. The molecule has 0 aliphatic heterocycles. The van der Waals surface area contributed by atoms with Gasteiger partial charge in [0.25, 0.3) is 5.91 Å². The quantitative estimate of drug-likeness (QED) is 0.769. The lowest BCUT2D eigenvalue weighted by molar-refractivity contribution is 0.0942. The highest BCUT2D eigenvalue weighted by Gasteiger charge is 2.11. The van der Waals surface area contributed by atoms with E-state index in [4.69, 9.17) is 0 Å². The van der Waals surface area contributed by atoms with Crippen molar-refractivity contribution >= 4 is 5.91 Å². The van der Waals surface area contributed by atoms with E-state index in [9.17, 15) is 9.90 Å². The van der Waals surface area contributed by atoms with Crippen molar-refractivity contribution in [2.45, 2.75) is 19.4 Å². The van der Waals surface area contributed by atoms with Crippen molar-refractivity contribution in [2.24, 2.45) is 0 Å². The minimum Gasteiger partial charge on any atom is -0.388 e. The Hall–Kier alpha value is -2.07. The maximum atomic E-state index is 11.8. The maximum Gasteiger partial charge on any atom is 0.253 e. The number of aromatic nitrogens is 1. The summed E-state index contributed by atoms with van der Waals surface area (Å²) in [5.41, 5.74) is 2.37. The molecule has 0 aliphatic carbocycles. The highest BCUT2D eigenvalue weighted by atomic mass is 16.3. The number of hydrogen-bond donors (Lipinski definition) is 3. The van der Waals surface area contributed by atoms with Gasteiger partial charge in [0.15, 0.2) is 0 Å². The fraction of sp³-hybridized carbons (Fsp3) is 0.267. The largest absolute Gasteiger partial charge is 0.388 e. The lowest BCUT2D eigenvalue weighted by Crippen LogP contribution is -2.25. The van der Waals surface area contributed by atoms with Crippen LogP contribution in [-0.4, -0.2) is 22.5 Å². The maximum absolute atomic E-state index is 11.8. The van der Waals surface area contributed by atoms with E-state index >= 15 is 0 Å². The van der Waals surface area contributed by atoms with Crippen molar-refractivity contribution < 1.29 is 9.90 Å². The molecule has 0 bridgehead atoms. The Labute approximate surface area is 112 Å². The van der Waals surface area contributed by atoms with Crippen LogP contribution in [0.4, 0.5) is 0 Å². The fourth-order valence-corrected chi connectivity index (χ4v) is 1.96. The van der Waals surface area contributed by atoms with Crippen LogP contribution in [0, 0.1) is 6.92 Å². The number of hydrogen-bond acceptors (Lipinski definition) is 2. The molecule has 0 saturated carbocycles. The molecule has 1 heterocycles. The van der Waals surface area contributed by atoms with Gasteiger partial charge >= 0.3 is 0 Å². The third-order valence-electron chi connectivity index (χ3n) is 3.09. The first-order valence-electron chi connectivity index (χ1n) is 6.33. The number of aliphatic hydroxyl groups excluding tert-OH is 1. The summed E-state index contributed by atoms with van der Waals surface area (Å²) in [6, 6.07) is 11.2. The standard InChI is InChI=1S/C15H18N2O2/c1-11-13(7-9-16-11)15(19)17-10-8-14(18)12-5-3-2-4-6-12/h2-7,9,14,16,18H,8,10H2,1H3,(H,17,19). The van der Waals surface area contributed by atoms with Crippen molar-refractivity contribution in [1.29, 1.82) is 0 Å². The summed E-state index contributed by atoms with van der Waals surface area (Å²) in [4.78, 5) is 14.8. The first-order chi connectivity index (χ1) is 9.18. The highest BCUT2D eigenvalue weighted by Crippen LogP contribution is 2.15. The Morgan fingerprint density at radius 1 is 1.32 bits per heavy atom. The van der Waals surface area contributed by atoms with Gasteiger partial charge < -0.3 is 15.4 Å². The highest BCUT2D eigenvalue weighted by molar-refractivity contribution is 5.95. The molecule has 1 aromatic heterocycles.